The molecule has 1 spiro atoms. The van der Waals surface area contributed by atoms with Crippen molar-refractivity contribution >= 4 is 34.3 Å². The first-order valence-corrected chi connectivity index (χ1v) is 20.8. The zero-order chi connectivity index (χ0) is 38.0. The molecule has 1 unspecified atom stereocenters. The molecule has 0 fully saturated rings. The predicted molar refractivity (Wildman–Crippen MR) is 238 cm³/mol. The van der Waals surface area contributed by atoms with Crippen LogP contribution in [0.5, 0.6) is 5.75 Å². The van der Waals surface area contributed by atoms with Crippen LogP contribution in [-0.2, 0) is 23.9 Å². The number of fused-ring (bicyclic) bond motifs is 13. The molecule has 8 aromatic carbocycles. The van der Waals surface area contributed by atoms with Gasteiger partial charge in [-0.15, -0.1) is 0 Å². The number of nitrogens with zero attached hydrogens (tertiary/aromatic N) is 1. The summed E-state index contributed by atoms with van der Waals surface area (Å²) in [5.41, 5.74) is 19.9. The molecule has 2 nitrogen and oxygen atoms in total. The summed E-state index contributed by atoms with van der Waals surface area (Å²) in [6.45, 7) is 0.995. The highest BCUT2D eigenvalue weighted by Gasteiger charge is 2.56. The molecule has 0 N–H and O–H groups in total. The maximum Gasteiger partial charge on any atom is 0.159 e. The predicted octanol–water partition coefficient (Wildman–Crippen LogP) is 13.2. The van der Waals surface area contributed by atoms with Crippen molar-refractivity contribution in [1.82, 2.24) is 0 Å². The minimum Gasteiger partial charge on any atom is -0.477 e. The minimum absolute atomic E-state index is 0.494. The van der Waals surface area contributed by atoms with Crippen molar-refractivity contribution in [1.29, 1.82) is 0 Å². The second-order valence-corrected chi connectivity index (χ2v) is 16.5. The van der Waals surface area contributed by atoms with E-state index in [1.54, 1.807) is 0 Å². The molecule has 13 rings (SSSR count). The lowest BCUT2D eigenvalue weighted by Gasteiger charge is -2.42. The van der Waals surface area contributed by atoms with Crippen molar-refractivity contribution in [2.45, 2.75) is 30.3 Å². The number of ether oxygens (including phenoxy) is 1. The smallest absolute Gasteiger partial charge is 0.159 e. The first kappa shape index (κ1) is 32.2. The minimum atomic E-state index is -0.675. The molecule has 1 atom stereocenters. The Labute approximate surface area is 339 Å². The molecular formula is C56H39NO. The Hall–Kier alpha value is -6.90. The summed E-state index contributed by atoms with van der Waals surface area (Å²) in [4.78, 5) is 2.46. The molecule has 0 amide bonds. The third-order valence-electron chi connectivity index (χ3n) is 13.9. The van der Waals surface area contributed by atoms with E-state index in [2.05, 4.69) is 193 Å². The van der Waals surface area contributed by atoms with Gasteiger partial charge >= 0.3 is 0 Å². The molecular weight excluding hydrogens is 703 g/mol. The van der Waals surface area contributed by atoms with Gasteiger partial charge in [-0.05, 0) is 110 Å². The largest absolute Gasteiger partial charge is 0.477 e. The van der Waals surface area contributed by atoms with Crippen LogP contribution in [0.4, 0.5) is 11.4 Å². The lowest BCUT2D eigenvalue weighted by molar-refractivity contribution is 0.0868. The second-order valence-electron chi connectivity index (χ2n) is 16.5. The average molecular weight is 742 g/mol. The van der Waals surface area contributed by atoms with Gasteiger partial charge in [0.1, 0.15) is 5.75 Å². The van der Waals surface area contributed by atoms with E-state index < -0.39 is 11.0 Å². The topological polar surface area (TPSA) is 12.5 Å². The molecule has 58 heavy (non-hydrogen) atoms. The standard InChI is InChI=1S/C56H39NO/c1-2-19-39(20-3-1)55(40-28-30-41(31-29-40)57-35-33-36-14-6-11-27-49(36)57)34-32-45-53-52(42-21-7-8-22-43(42)54(45)58-55)44-23-9-10-24-46(44)56(53)47-25-12-17-37-15-4-5-16-38-18-13-26-48(56)51(38)50(37)47/h1-31H,32-35H2. The zero-order valence-electron chi connectivity index (χ0n) is 32.1. The van der Waals surface area contributed by atoms with E-state index in [1.165, 1.54) is 100 Å². The Kier molecular flexibility index (Phi) is 6.56. The van der Waals surface area contributed by atoms with Crippen molar-refractivity contribution in [3.05, 3.63) is 232 Å². The molecule has 5 aliphatic rings. The SMILES string of the molecule is C1=Cc2cccc3c2-c2c(cccc2C32c3ccccc3-c3c2c2c(c4ccccc34)OC(c3ccccc3)(c3ccc(N4CCc5ccccc54)cc3)CC2)C=C1. The summed E-state index contributed by atoms with van der Waals surface area (Å²) < 4.78 is 7.89. The van der Waals surface area contributed by atoms with E-state index in [1.807, 2.05) is 0 Å². The van der Waals surface area contributed by atoms with E-state index in [4.69, 9.17) is 4.74 Å². The zero-order valence-corrected chi connectivity index (χ0v) is 32.1. The Bertz CT molecular complexity index is 3040. The molecule has 2 heteroatoms. The van der Waals surface area contributed by atoms with Gasteiger partial charge in [0.25, 0.3) is 0 Å². The van der Waals surface area contributed by atoms with Gasteiger partial charge in [-0.2, -0.15) is 0 Å². The van der Waals surface area contributed by atoms with Crippen molar-refractivity contribution < 1.29 is 4.74 Å². The van der Waals surface area contributed by atoms with E-state index in [9.17, 15) is 0 Å². The van der Waals surface area contributed by atoms with Crippen molar-refractivity contribution in [2.75, 3.05) is 11.4 Å². The van der Waals surface area contributed by atoms with E-state index in [0.717, 1.165) is 31.6 Å². The summed E-state index contributed by atoms with van der Waals surface area (Å²) in [5, 5.41) is 2.43. The Morgan fingerprint density at radius 2 is 1.14 bits per heavy atom. The molecule has 2 heterocycles. The van der Waals surface area contributed by atoms with Crippen LogP contribution in [-0.4, -0.2) is 6.54 Å². The van der Waals surface area contributed by atoms with Gasteiger partial charge in [-0.25, -0.2) is 0 Å². The highest BCUT2D eigenvalue weighted by atomic mass is 16.5. The van der Waals surface area contributed by atoms with Crippen molar-refractivity contribution in [2.24, 2.45) is 0 Å². The normalized spacial score (nSPS) is 19.9. The number of anilines is 2. The molecule has 0 saturated heterocycles. The van der Waals surface area contributed by atoms with Crippen molar-refractivity contribution in [3.63, 3.8) is 0 Å². The van der Waals surface area contributed by atoms with Crippen LogP contribution in [0.2, 0.25) is 0 Å². The molecule has 0 radical (unpaired) electrons. The fourth-order valence-corrected chi connectivity index (χ4v) is 11.6. The Morgan fingerprint density at radius 1 is 0.500 bits per heavy atom. The summed E-state index contributed by atoms with van der Waals surface area (Å²) in [6, 6.07) is 61.2. The van der Waals surface area contributed by atoms with Gasteiger partial charge in [-0.1, -0.05) is 170 Å². The van der Waals surface area contributed by atoms with Crippen molar-refractivity contribution in [3.8, 4) is 28.0 Å². The number of hydrogen-bond donors (Lipinski definition) is 0. The first-order valence-electron chi connectivity index (χ1n) is 20.8. The van der Waals surface area contributed by atoms with E-state index >= 15 is 0 Å². The molecule has 2 aliphatic heterocycles. The maximum absolute atomic E-state index is 7.89. The third-order valence-corrected chi connectivity index (χ3v) is 13.9. The van der Waals surface area contributed by atoms with Gasteiger partial charge < -0.3 is 9.64 Å². The molecule has 274 valence electrons. The molecule has 0 bridgehead atoms. The third kappa shape index (κ3) is 4.07. The lowest BCUT2D eigenvalue weighted by atomic mass is 9.67. The summed E-state index contributed by atoms with van der Waals surface area (Å²) in [5.74, 6) is 1.01. The number of allylic oxidation sites excluding steroid dienone is 2. The van der Waals surface area contributed by atoms with Gasteiger partial charge in [0.15, 0.2) is 5.60 Å². The fraction of sp³-hybridized carbons (Fsp3) is 0.107. The van der Waals surface area contributed by atoms with Crippen LogP contribution in [0, 0.1) is 0 Å². The van der Waals surface area contributed by atoms with Crippen LogP contribution < -0.4 is 9.64 Å². The number of benzene rings is 8. The van der Waals surface area contributed by atoms with E-state index in [-0.39, 0.29) is 0 Å². The molecule has 0 saturated carbocycles. The second kappa shape index (κ2) is 11.8. The fourth-order valence-electron chi connectivity index (χ4n) is 11.6. The Morgan fingerprint density at radius 3 is 1.91 bits per heavy atom. The molecule has 3 aliphatic carbocycles. The first-order chi connectivity index (χ1) is 28.8. The number of hydrogen-bond acceptors (Lipinski definition) is 2. The van der Waals surface area contributed by atoms with Gasteiger partial charge in [-0.3, -0.25) is 0 Å². The monoisotopic (exact) mass is 741 g/mol. The molecule has 8 aromatic rings. The highest BCUT2D eigenvalue weighted by Crippen LogP contribution is 2.68. The summed E-state index contributed by atoms with van der Waals surface area (Å²) >= 11 is 0. The van der Waals surface area contributed by atoms with Gasteiger partial charge in [0.05, 0.1) is 5.41 Å². The average Bonchev–Trinajstić information content (AvgIpc) is 3.95. The van der Waals surface area contributed by atoms with Crippen LogP contribution >= 0.6 is 0 Å². The molecule has 0 aromatic heterocycles. The summed E-state index contributed by atoms with van der Waals surface area (Å²) in [7, 11) is 0. The quantitative estimate of drug-likeness (QED) is 0.179. The van der Waals surface area contributed by atoms with Crippen LogP contribution in [0.25, 0.3) is 45.2 Å². The number of para-hydroxylation sites is 1. The van der Waals surface area contributed by atoms with Crippen LogP contribution in [0.3, 0.4) is 0 Å². The highest BCUT2D eigenvalue weighted by molar-refractivity contribution is 6.10. The lowest BCUT2D eigenvalue weighted by Crippen LogP contribution is -2.39. The number of rotatable bonds is 3. The summed E-state index contributed by atoms with van der Waals surface area (Å²) in [6.07, 6.45) is 11.7. The van der Waals surface area contributed by atoms with Crippen LogP contribution in [0.15, 0.2) is 176 Å². The Balaban J connectivity index is 1.08. The van der Waals surface area contributed by atoms with Crippen LogP contribution in [0.1, 0.15) is 62.1 Å². The van der Waals surface area contributed by atoms with Gasteiger partial charge in [0, 0.05) is 34.4 Å². The van der Waals surface area contributed by atoms with Gasteiger partial charge in [0.2, 0.25) is 0 Å². The maximum atomic E-state index is 7.89. The van der Waals surface area contributed by atoms with E-state index in [0.29, 0.717) is 0 Å².